The predicted octanol–water partition coefficient (Wildman–Crippen LogP) is 0.944. The Morgan fingerprint density at radius 3 is 2.88 bits per heavy atom. The zero-order valence-corrected chi connectivity index (χ0v) is 9.85. The maximum Gasteiger partial charge on any atom is 0.320 e. The van der Waals surface area contributed by atoms with Crippen molar-refractivity contribution in [3.8, 4) is 0 Å². The molecule has 1 saturated carbocycles. The van der Waals surface area contributed by atoms with Crippen LogP contribution >= 0.6 is 0 Å². The van der Waals surface area contributed by atoms with E-state index in [0.29, 0.717) is 12.3 Å². The van der Waals surface area contributed by atoms with Crippen LogP contribution in [0.15, 0.2) is 0 Å². The number of aliphatic hydroxyl groups excluding tert-OH is 1. The molecule has 16 heavy (non-hydrogen) atoms. The fraction of sp³-hybridized carbons (Fsp3) is 0.917. The molecular weight excluding hydrogens is 206 g/mol. The molecule has 2 fully saturated rings. The van der Waals surface area contributed by atoms with Crippen LogP contribution in [0.3, 0.4) is 0 Å². The molecule has 0 spiro atoms. The van der Waals surface area contributed by atoms with E-state index in [0.717, 1.165) is 25.9 Å². The molecule has 2 rings (SSSR count). The summed E-state index contributed by atoms with van der Waals surface area (Å²) in [4.78, 5) is 13.2. The molecule has 4 nitrogen and oxygen atoms in total. The molecule has 1 aliphatic carbocycles. The first-order chi connectivity index (χ1) is 7.63. The van der Waals surface area contributed by atoms with E-state index in [1.54, 1.807) is 0 Å². The van der Waals surface area contributed by atoms with E-state index in [2.05, 4.69) is 4.90 Å². The van der Waals surface area contributed by atoms with Gasteiger partial charge in [-0.1, -0.05) is 13.3 Å². The topological polar surface area (TPSA) is 60.8 Å². The lowest BCUT2D eigenvalue weighted by molar-refractivity contribution is -0.143. The lowest BCUT2D eigenvalue weighted by Gasteiger charge is -2.28. The second-order valence-corrected chi connectivity index (χ2v) is 5.30. The van der Waals surface area contributed by atoms with Gasteiger partial charge in [0.15, 0.2) is 0 Å². The maximum atomic E-state index is 11.1. The minimum Gasteiger partial charge on any atom is -0.480 e. The molecule has 4 heteroatoms. The Labute approximate surface area is 96.3 Å². The third kappa shape index (κ3) is 1.74. The molecule has 2 N–H and O–H groups in total. The number of fused-ring (bicyclic) bond motifs is 1. The van der Waals surface area contributed by atoms with Crippen molar-refractivity contribution >= 4 is 5.97 Å². The number of nitrogens with zero attached hydrogens (tertiary/aromatic N) is 1. The molecule has 1 saturated heterocycles. The molecule has 92 valence electrons. The highest BCUT2D eigenvalue weighted by Gasteiger charge is 2.50. The number of aliphatic carboxylic acids is 1. The lowest BCUT2D eigenvalue weighted by atomic mass is 9.82. The SMILES string of the molecule is CCC(C(=O)O)N1CC2CCCC2(CO)C1. The number of carboxylic acids is 1. The number of aliphatic hydroxyl groups is 1. The summed E-state index contributed by atoms with van der Waals surface area (Å²) in [6.45, 7) is 3.74. The number of likely N-dealkylation sites (tertiary alicyclic amines) is 1. The standard InChI is InChI=1S/C12H21NO3/c1-2-10(11(15)16)13-6-9-4-3-5-12(9,7-13)8-14/h9-10,14H,2-8H2,1H3,(H,15,16). The third-order valence-electron chi connectivity index (χ3n) is 4.49. The van der Waals surface area contributed by atoms with Gasteiger partial charge in [0.25, 0.3) is 0 Å². The van der Waals surface area contributed by atoms with E-state index in [4.69, 9.17) is 5.11 Å². The van der Waals surface area contributed by atoms with Crippen molar-refractivity contribution in [2.24, 2.45) is 11.3 Å². The number of carbonyl (C=O) groups is 1. The first-order valence-corrected chi connectivity index (χ1v) is 6.20. The van der Waals surface area contributed by atoms with Crippen LogP contribution in [-0.2, 0) is 4.79 Å². The zero-order chi connectivity index (χ0) is 11.8. The highest BCUT2D eigenvalue weighted by atomic mass is 16.4. The van der Waals surface area contributed by atoms with E-state index in [-0.39, 0.29) is 18.1 Å². The van der Waals surface area contributed by atoms with Crippen LogP contribution in [0.25, 0.3) is 0 Å². The number of rotatable bonds is 4. The third-order valence-corrected chi connectivity index (χ3v) is 4.49. The highest BCUT2D eigenvalue weighted by Crippen LogP contribution is 2.48. The first kappa shape index (κ1) is 11.9. The molecule has 0 aromatic heterocycles. The van der Waals surface area contributed by atoms with Gasteiger partial charge in [-0.2, -0.15) is 0 Å². The normalized spacial score (nSPS) is 36.2. The lowest BCUT2D eigenvalue weighted by Crippen LogP contribution is -2.41. The van der Waals surface area contributed by atoms with Gasteiger partial charge in [0, 0.05) is 18.5 Å². The predicted molar refractivity (Wildman–Crippen MR) is 60.1 cm³/mol. The molecule has 0 aromatic carbocycles. The van der Waals surface area contributed by atoms with Crippen LogP contribution in [0.1, 0.15) is 32.6 Å². The summed E-state index contributed by atoms with van der Waals surface area (Å²) in [7, 11) is 0. The average Bonchev–Trinajstić information content (AvgIpc) is 2.74. The van der Waals surface area contributed by atoms with Crippen LogP contribution in [0, 0.1) is 11.3 Å². The van der Waals surface area contributed by atoms with E-state index in [1.807, 2.05) is 6.92 Å². The van der Waals surface area contributed by atoms with Crippen molar-refractivity contribution in [2.45, 2.75) is 38.6 Å². The first-order valence-electron chi connectivity index (χ1n) is 6.20. The van der Waals surface area contributed by atoms with Gasteiger partial charge < -0.3 is 10.2 Å². The number of carboxylic acid groups (broad SMARTS) is 1. The summed E-state index contributed by atoms with van der Waals surface area (Å²) < 4.78 is 0. The van der Waals surface area contributed by atoms with Crippen molar-refractivity contribution in [1.29, 1.82) is 0 Å². The van der Waals surface area contributed by atoms with Gasteiger partial charge in [-0.05, 0) is 25.2 Å². The molecule has 0 aromatic rings. The summed E-state index contributed by atoms with van der Waals surface area (Å²) >= 11 is 0. The molecule has 1 heterocycles. The number of hydrogen-bond acceptors (Lipinski definition) is 3. The van der Waals surface area contributed by atoms with Crippen LogP contribution < -0.4 is 0 Å². The van der Waals surface area contributed by atoms with Crippen LogP contribution in [0.4, 0.5) is 0 Å². The Balaban J connectivity index is 2.09. The molecule has 1 aliphatic heterocycles. The zero-order valence-electron chi connectivity index (χ0n) is 9.85. The summed E-state index contributed by atoms with van der Waals surface area (Å²) in [6, 6.07) is -0.367. The van der Waals surface area contributed by atoms with Gasteiger partial charge in [-0.15, -0.1) is 0 Å². The van der Waals surface area contributed by atoms with Gasteiger partial charge in [-0.25, -0.2) is 0 Å². The van der Waals surface area contributed by atoms with Crippen molar-refractivity contribution in [2.75, 3.05) is 19.7 Å². The van der Waals surface area contributed by atoms with Gasteiger partial charge in [0.2, 0.25) is 0 Å². The molecule has 3 atom stereocenters. The van der Waals surface area contributed by atoms with Crippen molar-refractivity contribution < 1.29 is 15.0 Å². The van der Waals surface area contributed by atoms with E-state index in [9.17, 15) is 9.90 Å². The molecule has 3 unspecified atom stereocenters. The van der Waals surface area contributed by atoms with Crippen molar-refractivity contribution in [3.05, 3.63) is 0 Å². The Bertz CT molecular complexity index is 281. The Kier molecular flexibility index (Phi) is 3.22. The van der Waals surface area contributed by atoms with Crippen LogP contribution in [0.5, 0.6) is 0 Å². The fourth-order valence-corrected chi connectivity index (χ4v) is 3.54. The maximum absolute atomic E-state index is 11.1. The fourth-order valence-electron chi connectivity index (χ4n) is 3.54. The monoisotopic (exact) mass is 227 g/mol. The van der Waals surface area contributed by atoms with Crippen molar-refractivity contribution in [3.63, 3.8) is 0 Å². The Morgan fingerprint density at radius 2 is 2.38 bits per heavy atom. The summed E-state index contributed by atoms with van der Waals surface area (Å²) in [6.07, 6.45) is 4.03. The molecule has 0 radical (unpaired) electrons. The highest BCUT2D eigenvalue weighted by molar-refractivity contribution is 5.73. The van der Waals surface area contributed by atoms with Gasteiger partial charge in [-0.3, -0.25) is 9.69 Å². The van der Waals surface area contributed by atoms with E-state index < -0.39 is 5.97 Å². The van der Waals surface area contributed by atoms with Gasteiger partial charge in [0.1, 0.15) is 6.04 Å². The molecular formula is C12H21NO3. The van der Waals surface area contributed by atoms with Gasteiger partial charge >= 0.3 is 5.97 Å². The Morgan fingerprint density at radius 1 is 1.62 bits per heavy atom. The van der Waals surface area contributed by atoms with Crippen molar-refractivity contribution in [1.82, 2.24) is 4.90 Å². The average molecular weight is 227 g/mol. The second-order valence-electron chi connectivity index (χ2n) is 5.30. The summed E-state index contributed by atoms with van der Waals surface area (Å²) in [5.41, 5.74) is 0.00285. The van der Waals surface area contributed by atoms with Crippen LogP contribution in [0.2, 0.25) is 0 Å². The number of hydrogen-bond donors (Lipinski definition) is 2. The van der Waals surface area contributed by atoms with E-state index in [1.165, 1.54) is 6.42 Å². The summed E-state index contributed by atoms with van der Waals surface area (Å²) in [5, 5.41) is 18.7. The second kappa shape index (κ2) is 4.34. The largest absolute Gasteiger partial charge is 0.480 e. The smallest absolute Gasteiger partial charge is 0.320 e. The summed E-state index contributed by atoms with van der Waals surface area (Å²) in [5.74, 6) is -0.221. The molecule has 0 amide bonds. The van der Waals surface area contributed by atoms with E-state index >= 15 is 0 Å². The van der Waals surface area contributed by atoms with Crippen LogP contribution in [-0.4, -0.2) is 46.8 Å². The minimum absolute atomic E-state index is 0.00285. The quantitative estimate of drug-likeness (QED) is 0.750. The minimum atomic E-state index is -0.726. The van der Waals surface area contributed by atoms with Gasteiger partial charge in [0.05, 0.1) is 6.61 Å². The molecule has 2 aliphatic rings. The Hall–Kier alpha value is -0.610. The molecule has 0 bridgehead atoms.